The van der Waals surface area contributed by atoms with Crippen LogP contribution in [-0.2, 0) is 0 Å². The number of aromatic nitrogens is 1. The summed E-state index contributed by atoms with van der Waals surface area (Å²) in [5.74, 6) is 0. The van der Waals surface area contributed by atoms with E-state index in [2.05, 4.69) is 94.9 Å². The summed E-state index contributed by atoms with van der Waals surface area (Å²) in [5, 5.41) is 9.00. The first-order valence-electron chi connectivity index (χ1n) is 9.69. The van der Waals surface area contributed by atoms with Gasteiger partial charge in [-0.1, -0.05) is 0 Å². The Balaban J connectivity index is 1.71. The molecular weight excluding hydrogens is 437 g/mol. The van der Waals surface area contributed by atoms with E-state index in [4.69, 9.17) is 0 Å². The average molecular weight is 452 g/mol. The van der Waals surface area contributed by atoms with E-state index in [9.17, 15) is 0 Å². The molecular formula is C26H15NSSe. The first kappa shape index (κ1) is 16.0. The molecule has 29 heavy (non-hydrogen) atoms. The summed E-state index contributed by atoms with van der Waals surface area (Å²) in [6.07, 6.45) is 0. The third kappa shape index (κ3) is 2.15. The van der Waals surface area contributed by atoms with E-state index in [0.29, 0.717) is 14.5 Å². The van der Waals surface area contributed by atoms with Gasteiger partial charge in [-0.15, -0.1) is 0 Å². The topological polar surface area (TPSA) is 4.93 Å². The number of hydrogen-bond acceptors (Lipinski definition) is 1. The molecule has 0 aliphatic rings. The molecule has 0 aliphatic heterocycles. The van der Waals surface area contributed by atoms with Crippen LogP contribution in [0.4, 0.5) is 0 Å². The molecule has 3 heteroatoms. The van der Waals surface area contributed by atoms with Crippen LogP contribution >= 0.6 is 11.3 Å². The van der Waals surface area contributed by atoms with Gasteiger partial charge in [0.05, 0.1) is 0 Å². The second-order valence-electron chi connectivity index (χ2n) is 7.43. The van der Waals surface area contributed by atoms with Gasteiger partial charge in [0.25, 0.3) is 0 Å². The number of thiophene rings is 1. The monoisotopic (exact) mass is 453 g/mol. The van der Waals surface area contributed by atoms with Crippen molar-refractivity contribution in [3.05, 3.63) is 90.3 Å². The number of para-hydroxylation sites is 1. The van der Waals surface area contributed by atoms with E-state index in [1.54, 1.807) is 0 Å². The molecule has 1 nitrogen and oxygen atoms in total. The first-order valence-corrected chi connectivity index (χ1v) is 12.3. The Labute approximate surface area is 177 Å². The first-order chi connectivity index (χ1) is 14.4. The van der Waals surface area contributed by atoms with E-state index in [1.807, 2.05) is 11.3 Å². The summed E-state index contributed by atoms with van der Waals surface area (Å²) in [7, 11) is 0. The van der Waals surface area contributed by atoms with Crippen molar-refractivity contribution < 1.29 is 0 Å². The number of fused-ring (bicyclic) bond motifs is 7. The van der Waals surface area contributed by atoms with Gasteiger partial charge in [0.15, 0.2) is 0 Å². The van der Waals surface area contributed by atoms with E-state index >= 15 is 0 Å². The maximum absolute atomic E-state index is 2.49. The molecule has 0 unspecified atom stereocenters. The summed E-state index contributed by atoms with van der Waals surface area (Å²) in [5.41, 5.74) is 3.93. The van der Waals surface area contributed by atoms with Crippen LogP contribution < -0.4 is 0 Å². The summed E-state index contributed by atoms with van der Waals surface area (Å²) >= 11 is 2.15. The van der Waals surface area contributed by atoms with E-state index in [0.717, 1.165) is 0 Å². The van der Waals surface area contributed by atoms with Gasteiger partial charge in [-0.25, -0.2) is 0 Å². The van der Waals surface area contributed by atoms with Gasteiger partial charge in [-0.05, 0) is 0 Å². The number of hydrogen-bond donors (Lipinski definition) is 0. The van der Waals surface area contributed by atoms with Crippen molar-refractivity contribution in [2.45, 2.75) is 0 Å². The van der Waals surface area contributed by atoms with Crippen LogP contribution in [0.15, 0.2) is 90.3 Å². The molecule has 0 aliphatic carbocycles. The van der Waals surface area contributed by atoms with Gasteiger partial charge in [0, 0.05) is 0 Å². The van der Waals surface area contributed by atoms with E-state index < -0.39 is 0 Å². The molecule has 0 bridgehead atoms. The summed E-state index contributed by atoms with van der Waals surface area (Å²) in [6, 6.07) is 31.5. The van der Waals surface area contributed by atoms with Crippen molar-refractivity contribution in [1.29, 1.82) is 0 Å². The molecule has 3 heterocycles. The van der Waals surface area contributed by atoms with Crippen molar-refractivity contribution in [3.8, 4) is 5.69 Å². The van der Waals surface area contributed by atoms with Crippen molar-refractivity contribution in [2.24, 2.45) is 0 Å². The fourth-order valence-electron chi connectivity index (χ4n) is 4.59. The minimum atomic E-state index is 0.326. The second kappa shape index (κ2) is 5.84. The normalized spacial score (nSPS) is 12.1. The summed E-state index contributed by atoms with van der Waals surface area (Å²) < 4.78 is 6.84. The molecule has 0 radical (unpaired) electrons. The van der Waals surface area contributed by atoms with Gasteiger partial charge in [0.2, 0.25) is 0 Å². The third-order valence-corrected chi connectivity index (χ3v) is 9.29. The quantitative estimate of drug-likeness (QED) is 0.229. The molecule has 0 saturated carbocycles. The fourth-order valence-corrected chi connectivity index (χ4v) is 7.93. The van der Waals surface area contributed by atoms with Crippen LogP contribution in [0.2, 0.25) is 0 Å². The molecule has 136 valence electrons. The van der Waals surface area contributed by atoms with Crippen molar-refractivity contribution >= 4 is 77.0 Å². The Morgan fingerprint density at radius 1 is 0.655 bits per heavy atom. The van der Waals surface area contributed by atoms with Gasteiger partial charge < -0.3 is 0 Å². The van der Waals surface area contributed by atoms with Crippen molar-refractivity contribution in [1.82, 2.24) is 4.57 Å². The molecule has 0 amide bonds. The van der Waals surface area contributed by atoms with E-state index in [-0.39, 0.29) is 0 Å². The molecule has 4 aromatic carbocycles. The Kier molecular flexibility index (Phi) is 3.22. The Bertz CT molecular complexity index is 1710. The number of nitrogens with zero attached hydrogens (tertiary/aromatic N) is 1. The predicted molar refractivity (Wildman–Crippen MR) is 128 cm³/mol. The predicted octanol–water partition coefficient (Wildman–Crippen LogP) is 7.36. The van der Waals surface area contributed by atoms with Crippen LogP contribution in [0.5, 0.6) is 0 Å². The number of rotatable bonds is 1. The number of benzene rings is 4. The van der Waals surface area contributed by atoms with Crippen LogP contribution in [-0.4, -0.2) is 19.1 Å². The zero-order valence-corrected chi connectivity index (χ0v) is 18.0. The SMILES string of the molecule is c1ccc2c(c1)[se]c1c(-n3c4ccccc4c4cc5sccc5cc43)cccc12. The van der Waals surface area contributed by atoms with Crippen LogP contribution in [0.1, 0.15) is 0 Å². The summed E-state index contributed by atoms with van der Waals surface area (Å²) in [4.78, 5) is 0. The Hall–Kier alpha value is -2.84. The molecule has 0 spiro atoms. The van der Waals surface area contributed by atoms with Crippen LogP contribution in [0.3, 0.4) is 0 Å². The Morgan fingerprint density at radius 2 is 1.48 bits per heavy atom. The molecule has 0 saturated heterocycles. The van der Waals surface area contributed by atoms with Crippen LogP contribution in [0.25, 0.3) is 56.9 Å². The second-order valence-corrected chi connectivity index (χ2v) is 10.6. The molecule has 0 fully saturated rings. The third-order valence-electron chi connectivity index (χ3n) is 5.87. The Morgan fingerprint density at radius 3 is 2.45 bits per heavy atom. The standard InChI is InChI=1S/C26H15NSSe/c1-3-9-21-17(6-1)20-15-24-16(12-13-28-24)14-23(20)27(21)22-10-5-8-19-18-7-2-4-11-25(18)29-26(19)22/h1-15H. The van der Waals surface area contributed by atoms with Gasteiger partial charge in [-0.3, -0.25) is 0 Å². The van der Waals surface area contributed by atoms with Gasteiger partial charge in [0.1, 0.15) is 0 Å². The molecule has 7 rings (SSSR count). The van der Waals surface area contributed by atoms with Gasteiger partial charge in [-0.2, -0.15) is 0 Å². The molecule has 0 atom stereocenters. The van der Waals surface area contributed by atoms with Gasteiger partial charge >= 0.3 is 178 Å². The minimum absolute atomic E-state index is 0.326. The van der Waals surface area contributed by atoms with Crippen molar-refractivity contribution in [2.75, 3.05) is 0 Å². The molecule has 7 aromatic rings. The summed E-state index contributed by atoms with van der Waals surface area (Å²) in [6.45, 7) is 0. The molecule has 0 N–H and O–H groups in total. The van der Waals surface area contributed by atoms with Crippen LogP contribution in [0, 0.1) is 0 Å². The zero-order valence-electron chi connectivity index (χ0n) is 15.4. The molecule has 3 aromatic heterocycles. The maximum atomic E-state index is 2.49. The fraction of sp³-hybridized carbons (Fsp3) is 0. The zero-order chi connectivity index (χ0) is 18.9. The van der Waals surface area contributed by atoms with Crippen molar-refractivity contribution in [3.63, 3.8) is 0 Å². The van der Waals surface area contributed by atoms with E-state index in [1.165, 1.54) is 56.9 Å². The average Bonchev–Trinajstić information content (AvgIpc) is 3.45.